The van der Waals surface area contributed by atoms with Crippen molar-refractivity contribution in [3.63, 3.8) is 0 Å². The second-order valence-electron chi connectivity index (χ2n) is 4.81. The van der Waals surface area contributed by atoms with Gasteiger partial charge in [0.15, 0.2) is 11.4 Å². The number of hydrogen-bond donors (Lipinski definition) is 0. The first-order valence-corrected chi connectivity index (χ1v) is 5.99. The van der Waals surface area contributed by atoms with Gasteiger partial charge in [-0.2, -0.15) is 13.2 Å². The fraction of sp³-hybridized carbons (Fsp3) is 0.200. The number of hydrogen-bond acceptors (Lipinski definition) is 1. The molecule has 0 bridgehead atoms. The Kier molecular flexibility index (Phi) is 2.58. The third-order valence-corrected chi connectivity index (χ3v) is 3.43. The summed E-state index contributed by atoms with van der Waals surface area (Å²) in [6.07, 6.45) is -4.54. The molecule has 0 saturated carbocycles. The third-order valence-electron chi connectivity index (χ3n) is 3.43. The van der Waals surface area contributed by atoms with E-state index in [-0.39, 0.29) is 22.1 Å². The van der Waals surface area contributed by atoms with Gasteiger partial charge in [0.2, 0.25) is 0 Å². The number of benzene rings is 2. The fourth-order valence-electron chi connectivity index (χ4n) is 2.42. The molecule has 0 aliphatic heterocycles. The van der Waals surface area contributed by atoms with Gasteiger partial charge in [-0.15, -0.1) is 0 Å². The number of alkyl halides is 3. The predicted molar refractivity (Wildman–Crippen MR) is 68.2 cm³/mol. The highest BCUT2D eigenvalue weighted by Crippen LogP contribution is 2.41. The molecule has 0 N–H and O–H groups in total. The van der Waals surface area contributed by atoms with E-state index in [4.69, 9.17) is 4.42 Å². The van der Waals surface area contributed by atoms with Crippen molar-refractivity contribution in [1.29, 1.82) is 0 Å². The average molecular weight is 282 g/mol. The zero-order valence-electron chi connectivity index (χ0n) is 10.7. The quantitative estimate of drug-likeness (QED) is 0.506. The van der Waals surface area contributed by atoms with Gasteiger partial charge in [0.25, 0.3) is 0 Å². The van der Waals surface area contributed by atoms with Gasteiger partial charge in [-0.25, -0.2) is 4.39 Å². The van der Waals surface area contributed by atoms with E-state index < -0.39 is 17.6 Å². The second kappa shape index (κ2) is 3.98. The smallest absolute Gasteiger partial charge is 0.420 e. The SMILES string of the molecule is Cc1ccc2c(oc3c(C(F)(F)F)c(C)ccc32)c1F. The van der Waals surface area contributed by atoms with Crippen molar-refractivity contribution in [3.05, 3.63) is 46.8 Å². The largest absolute Gasteiger partial charge is 0.452 e. The van der Waals surface area contributed by atoms with Crippen molar-refractivity contribution >= 4 is 21.9 Å². The van der Waals surface area contributed by atoms with Crippen LogP contribution in [0.4, 0.5) is 17.6 Å². The zero-order chi connectivity index (χ0) is 14.7. The molecule has 1 heterocycles. The van der Waals surface area contributed by atoms with Crippen LogP contribution in [0.3, 0.4) is 0 Å². The summed E-state index contributed by atoms with van der Waals surface area (Å²) in [6.45, 7) is 2.90. The monoisotopic (exact) mass is 282 g/mol. The lowest BCUT2D eigenvalue weighted by Crippen LogP contribution is -2.07. The Morgan fingerprint density at radius 2 is 1.40 bits per heavy atom. The van der Waals surface area contributed by atoms with Gasteiger partial charge < -0.3 is 4.42 Å². The van der Waals surface area contributed by atoms with Crippen molar-refractivity contribution in [2.75, 3.05) is 0 Å². The number of aryl methyl sites for hydroxylation is 2. The molecule has 3 aromatic rings. The van der Waals surface area contributed by atoms with Gasteiger partial charge in [0.1, 0.15) is 11.1 Å². The van der Waals surface area contributed by atoms with Crippen LogP contribution in [0.2, 0.25) is 0 Å². The Hall–Kier alpha value is -2.04. The highest BCUT2D eigenvalue weighted by molar-refractivity contribution is 6.06. The minimum absolute atomic E-state index is 0.0567. The van der Waals surface area contributed by atoms with Crippen LogP contribution in [0.1, 0.15) is 16.7 Å². The molecule has 20 heavy (non-hydrogen) atoms. The van der Waals surface area contributed by atoms with Gasteiger partial charge in [0.05, 0.1) is 0 Å². The molecule has 0 aliphatic rings. The van der Waals surface area contributed by atoms with Crippen LogP contribution in [0.5, 0.6) is 0 Å². The Morgan fingerprint density at radius 3 is 2.00 bits per heavy atom. The van der Waals surface area contributed by atoms with E-state index in [9.17, 15) is 17.6 Å². The summed E-state index contributed by atoms with van der Waals surface area (Å²) in [7, 11) is 0. The van der Waals surface area contributed by atoms with Crippen molar-refractivity contribution in [2.45, 2.75) is 20.0 Å². The predicted octanol–water partition coefficient (Wildman–Crippen LogP) is 5.36. The molecule has 0 radical (unpaired) electrons. The minimum atomic E-state index is -4.54. The lowest BCUT2D eigenvalue weighted by molar-refractivity contribution is -0.137. The molecule has 0 unspecified atom stereocenters. The Bertz CT molecular complexity index is 827. The Morgan fingerprint density at radius 1 is 0.850 bits per heavy atom. The third kappa shape index (κ3) is 1.69. The number of halogens is 4. The molecule has 5 heteroatoms. The molecule has 104 valence electrons. The average Bonchev–Trinajstić information content (AvgIpc) is 2.71. The van der Waals surface area contributed by atoms with Crippen LogP contribution >= 0.6 is 0 Å². The molecular weight excluding hydrogens is 272 g/mol. The molecule has 0 amide bonds. The summed E-state index contributed by atoms with van der Waals surface area (Å²) >= 11 is 0. The van der Waals surface area contributed by atoms with Gasteiger partial charge in [-0.1, -0.05) is 24.3 Å². The van der Waals surface area contributed by atoms with E-state index in [0.717, 1.165) is 0 Å². The summed E-state index contributed by atoms with van der Waals surface area (Å²) in [5.41, 5.74) is -0.889. The molecule has 0 aliphatic carbocycles. The van der Waals surface area contributed by atoms with Crippen LogP contribution in [0.15, 0.2) is 28.7 Å². The first kappa shape index (κ1) is 13.0. The normalized spacial score (nSPS) is 12.5. The van der Waals surface area contributed by atoms with Crippen LogP contribution in [-0.2, 0) is 6.18 Å². The van der Waals surface area contributed by atoms with Gasteiger partial charge in [0, 0.05) is 10.8 Å². The summed E-state index contributed by atoms with van der Waals surface area (Å²) in [6, 6.07) is 6.01. The first-order valence-electron chi connectivity index (χ1n) is 5.99. The molecule has 0 atom stereocenters. The summed E-state index contributed by atoms with van der Waals surface area (Å²) in [5.74, 6) is -0.621. The zero-order valence-corrected chi connectivity index (χ0v) is 10.7. The summed E-state index contributed by atoms with van der Waals surface area (Å²) in [4.78, 5) is 0. The minimum Gasteiger partial charge on any atom is -0.452 e. The highest BCUT2D eigenvalue weighted by atomic mass is 19.4. The lowest BCUT2D eigenvalue weighted by atomic mass is 10.0. The maximum absolute atomic E-state index is 14.0. The maximum atomic E-state index is 14.0. The lowest BCUT2D eigenvalue weighted by Gasteiger charge is -2.09. The molecule has 0 saturated heterocycles. The topological polar surface area (TPSA) is 13.1 Å². The van der Waals surface area contributed by atoms with E-state index in [1.54, 1.807) is 6.07 Å². The summed E-state index contributed by atoms with van der Waals surface area (Å²) in [5, 5.41) is 0.630. The number of furan rings is 1. The van der Waals surface area contributed by atoms with E-state index >= 15 is 0 Å². The standard InChI is InChI=1S/C15H10F4O/c1-7-3-5-9-10-6-4-8(2)12(16)14(10)20-13(9)11(7)15(17,18)19/h3-6H,1-2H3. The molecule has 3 rings (SSSR count). The van der Waals surface area contributed by atoms with Crippen LogP contribution in [0.25, 0.3) is 21.9 Å². The van der Waals surface area contributed by atoms with Gasteiger partial charge >= 0.3 is 6.18 Å². The van der Waals surface area contributed by atoms with Gasteiger partial charge in [-0.3, -0.25) is 0 Å². The molecule has 0 fully saturated rings. The van der Waals surface area contributed by atoms with Crippen LogP contribution in [-0.4, -0.2) is 0 Å². The Labute approximate surface area is 111 Å². The molecule has 1 aromatic heterocycles. The van der Waals surface area contributed by atoms with E-state index in [2.05, 4.69) is 0 Å². The number of fused-ring (bicyclic) bond motifs is 3. The molecule has 2 aromatic carbocycles. The maximum Gasteiger partial charge on any atom is 0.420 e. The highest BCUT2D eigenvalue weighted by Gasteiger charge is 2.36. The van der Waals surface area contributed by atoms with Crippen molar-refractivity contribution < 1.29 is 22.0 Å². The molecular formula is C15H10F4O. The fourth-order valence-corrected chi connectivity index (χ4v) is 2.42. The molecule has 0 spiro atoms. The van der Waals surface area contributed by atoms with Crippen molar-refractivity contribution in [1.82, 2.24) is 0 Å². The second-order valence-corrected chi connectivity index (χ2v) is 4.81. The van der Waals surface area contributed by atoms with Crippen molar-refractivity contribution in [2.24, 2.45) is 0 Å². The first-order chi connectivity index (χ1) is 9.30. The number of rotatable bonds is 0. The molecule has 1 nitrogen and oxygen atoms in total. The van der Waals surface area contributed by atoms with E-state index in [1.807, 2.05) is 0 Å². The van der Waals surface area contributed by atoms with E-state index in [0.29, 0.717) is 10.9 Å². The van der Waals surface area contributed by atoms with Crippen molar-refractivity contribution in [3.8, 4) is 0 Å². The van der Waals surface area contributed by atoms with E-state index in [1.165, 1.54) is 32.0 Å². The summed E-state index contributed by atoms with van der Waals surface area (Å²) < 4.78 is 58.6. The van der Waals surface area contributed by atoms with Crippen LogP contribution < -0.4 is 0 Å². The Balaban J connectivity index is 2.54. The van der Waals surface area contributed by atoms with Gasteiger partial charge in [-0.05, 0) is 25.0 Å². The van der Waals surface area contributed by atoms with Crippen LogP contribution in [0, 0.1) is 19.7 Å².